The Morgan fingerprint density at radius 1 is 1.07 bits per heavy atom. The van der Waals surface area contributed by atoms with Crippen LogP contribution in [0.1, 0.15) is 48.0 Å². The Hall–Kier alpha value is -2.21. The zero-order valence-electron chi connectivity index (χ0n) is 16.6. The molecule has 1 atom stereocenters. The van der Waals surface area contributed by atoms with Crippen LogP contribution >= 0.6 is 11.3 Å². The molecule has 0 radical (unpaired) electrons. The third-order valence-electron chi connectivity index (χ3n) is 5.91. The smallest absolute Gasteiger partial charge is 0.266 e. The number of likely N-dealkylation sites (tertiary alicyclic amines) is 2. The van der Waals surface area contributed by atoms with Crippen LogP contribution in [-0.2, 0) is 4.79 Å². The van der Waals surface area contributed by atoms with E-state index in [9.17, 15) is 9.59 Å². The van der Waals surface area contributed by atoms with Gasteiger partial charge in [0.15, 0.2) is 0 Å². The van der Waals surface area contributed by atoms with Gasteiger partial charge in [0.2, 0.25) is 5.91 Å². The SMILES string of the molecule is Cc1nc(-c2ccccc2)sc1C(=O)N1CCC[C@@H]1C(=O)N1CCC(C)CC1. The van der Waals surface area contributed by atoms with Crippen molar-refractivity contribution >= 4 is 23.2 Å². The quantitative estimate of drug-likeness (QED) is 0.787. The molecule has 2 saturated heterocycles. The standard InChI is InChI=1S/C22H27N3O2S/c1-15-10-13-24(14-11-15)21(26)18-9-6-12-25(18)22(27)19-16(2)23-20(28-19)17-7-4-3-5-8-17/h3-5,7-8,15,18H,6,9-14H2,1-2H3/t18-/m1/s1. The fraction of sp³-hybridized carbons (Fsp3) is 0.500. The predicted molar refractivity (Wildman–Crippen MR) is 111 cm³/mol. The molecule has 2 aliphatic rings. The lowest BCUT2D eigenvalue weighted by Crippen LogP contribution is -2.49. The van der Waals surface area contributed by atoms with Gasteiger partial charge in [-0.1, -0.05) is 37.3 Å². The summed E-state index contributed by atoms with van der Waals surface area (Å²) in [5.74, 6) is 0.767. The fourth-order valence-corrected chi connectivity index (χ4v) is 5.16. The Bertz CT molecular complexity index is 856. The summed E-state index contributed by atoms with van der Waals surface area (Å²) in [6.07, 6.45) is 3.76. The maximum atomic E-state index is 13.3. The van der Waals surface area contributed by atoms with Crippen molar-refractivity contribution in [3.05, 3.63) is 40.9 Å². The molecule has 3 heterocycles. The topological polar surface area (TPSA) is 53.5 Å². The summed E-state index contributed by atoms with van der Waals surface area (Å²) in [4.78, 5) is 35.4. The number of benzene rings is 1. The first-order chi connectivity index (χ1) is 13.5. The van der Waals surface area contributed by atoms with E-state index >= 15 is 0 Å². The van der Waals surface area contributed by atoms with E-state index in [-0.39, 0.29) is 17.9 Å². The van der Waals surface area contributed by atoms with Gasteiger partial charge in [0.25, 0.3) is 5.91 Å². The molecular formula is C22H27N3O2S. The summed E-state index contributed by atoms with van der Waals surface area (Å²) in [7, 11) is 0. The lowest BCUT2D eigenvalue weighted by atomic mass is 9.98. The summed E-state index contributed by atoms with van der Waals surface area (Å²) in [6.45, 7) is 6.41. The Morgan fingerprint density at radius 2 is 1.79 bits per heavy atom. The van der Waals surface area contributed by atoms with Crippen molar-refractivity contribution in [3.8, 4) is 10.6 Å². The van der Waals surface area contributed by atoms with Gasteiger partial charge in [0.1, 0.15) is 15.9 Å². The summed E-state index contributed by atoms with van der Waals surface area (Å²) in [5.41, 5.74) is 1.77. The van der Waals surface area contributed by atoms with Crippen LogP contribution in [0.4, 0.5) is 0 Å². The molecule has 4 rings (SSSR count). The highest BCUT2D eigenvalue weighted by molar-refractivity contribution is 7.17. The summed E-state index contributed by atoms with van der Waals surface area (Å²) in [6, 6.07) is 9.61. The lowest BCUT2D eigenvalue weighted by Gasteiger charge is -2.34. The van der Waals surface area contributed by atoms with Gasteiger partial charge in [-0.15, -0.1) is 11.3 Å². The van der Waals surface area contributed by atoms with E-state index in [4.69, 9.17) is 0 Å². The zero-order valence-corrected chi connectivity index (χ0v) is 17.4. The minimum atomic E-state index is -0.317. The van der Waals surface area contributed by atoms with Crippen LogP contribution in [0.15, 0.2) is 30.3 Å². The molecule has 2 fully saturated rings. The van der Waals surface area contributed by atoms with Crippen molar-refractivity contribution in [2.75, 3.05) is 19.6 Å². The number of carbonyl (C=O) groups is 2. The molecule has 2 aromatic rings. The van der Waals surface area contributed by atoms with Crippen molar-refractivity contribution in [2.24, 2.45) is 5.92 Å². The monoisotopic (exact) mass is 397 g/mol. The maximum absolute atomic E-state index is 13.3. The molecule has 6 heteroatoms. The summed E-state index contributed by atoms with van der Waals surface area (Å²) >= 11 is 1.43. The van der Waals surface area contributed by atoms with E-state index in [0.29, 0.717) is 17.3 Å². The van der Waals surface area contributed by atoms with Crippen LogP contribution in [0.5, 0.6) is 0 Å². The lowest BCUT2D eigenvalue weighted by molar-refractivity contribution is -0.136. The van der Waals surface area contributed by atoms with Crippen LogP contribution < -0.4 is 0 Å². The summed E-state index contributed by atoms with van der Waals surface area (Å²) < 4.78 is 0. The van der Waals surface area contributed by atoms with Crippen LogP contribution in [0.25, 0.3) is 10.6 Å². The highest BCUT2D eigenvalue weighted by Gasteiger charge is 2.38. The first-order valence-electron chi connectivity index (χ1n) is 10.2. The normalized spacial score (nSPS) is 20.6. The molecule has 5 nitrogen and oxygen atoms in total. The number of aromatic nitrogens is 1. The zero-order chi connectivity index (χ0) is 19.7. The Labute approximate surface area is 170 Å². The Balaban J connectivity index is 1.52. The van der Waals surface area contributed by atoms with Crippen LogP contribution in [0.2, 0.25) is 0 Å². The van der Waals surface area contributed by atoms with Gasteiger partial charge in [-0.25, -0.2) is 4.98 Å². The van der Waals surface area contributed by atoms with Crippen molar-refractivity contribution in [2.45, 2.75) is 45.6 Å². The third-order valence-corrected chi connectivity index (χ3v) is 7.10. The number of thiazole rings is 1. The molecule has 0 N–H and O–H groups in total. The van der Waals surface area contributed by atoms with E-state index < -0.39 is 0 Å². The molecule has 0 bridgehead atoms. The minimum absolute atomic E-state index is 0.0431. The average molecular weight is 398 g/mol. The third kappa shape index (κ3) is 3.70. The average Bonchev–Trinajstić information content (AvgIpc) is 3.35. The maximum Gasteiger partial charge on any atom is 0.266 e. The molecule has 1 aromatic carbocycles. The molecule has 0 spiro atoms. The van der Waals surface area contributed by atoms with Gasteiger partial charge in [0.05, 0.1) is 5.69 Å². The molecule has 1 aromatic heterocycles. The van der Waals surface area contributed by atoms with Gasteiger partial charge in [-0.3, -0.25) is 9.59 Å². The van der Waals surface area contributed by atoms with Crippen molar-refractivity contribution < 1.29 is 9.59 Å². The van der Waals surface area contributed by atoms with Crippen LogP contribution in [0.3, 0.4) is 0 Å². The first-order valence-corrected chi connectivity index (χ1v) is 11.0. The number of aryl methyl sites for hydroxylation is 1. The number of hydrogen-bond donors (Lipinski definition) is 0. The fourth-order valence-electron chi connectivity index (χ4n) is 4.14. The van der Waals surface area contributed by atoms with E-state index in [1.807, 2.05) is 42.2 Å². The van der Waals surface area contributed by atoms with Gasteiger partial charge < -0.3 is 9.80 Å². The number of rotatable bonds is 3. The van der Waals surface area contributed by atoms with Gasteiger partial charge >= 0.3 is 0 Å². The van der Waals surface area contributed by atoms with Crippen molar-refractivity contribution in [1.29, 1.82) is 0 Å². The predicted octanol–water partition coefficient (Wildman–Crippen LogP) is 3.98. The van der Waals surface area contributed by atoms with Gasteiger partial charge in [-0.2, -0.15) is 0 Å². The number of amides is 2. The van der Waals surface area contributed by atoms with E-state index in [1.54, 1.807) is 4.90 Å². The highest BCUT2D eigenvalue weighted by Crippen LogP contribution is 2.31. The van der Waals surface area contributed by atoms with Gasteiger partial charge in [-0.05, 0) is 38.5 Å². The van der Waals surface area contributed by atoms with E-state index in [2.05, 4.69) is 11.9 Å². The number of nitrogens with zero attached hydrogens (tertiary/aromatic N) is 3. The van der Waals surface area contributed by atoms with Gasteiger partial charge in [0, 0.05) is 25.2 Å². The molecule has 148 valence electrons. The van der Waals surface area contributed by atoms with Crippen LogP contribution in [-0.4, -0.2) is 52.3 Å². The molecule has 0 aliphatic carbocycles. The largest absolute Gasteiger partial charge is 0.341 e. The number of carbonyl (C=O) groups excluding carboxylic acids is 2. The Kier molecular flexibility index (Phi) is 5.49. The van der Waals surface area contributed by atoms with E-state index in [0.717, 1.165) is 55.0 Å². The molecule has 2 aliphatic heterocycles. The highest BCUT2D eigenvalue weighted by atomic mass is 32.1. The second-order valence-corrected chi connectivity index (χ2v) is 8.96. The molecular weight excluding hydrogens is 370 g/mol. The van der Waals surface area contributed by atoms with Crippen LogP contribution in [0, 0.1) is 12.8 Å². The second kappa shape index (κ2) is 8.03. The van der Waals surface area contributed by atoms with Crippen molar-refractivity contribution in [1.82, 2.24) is 14.8 Å². The van der Waals surface area contributed by atoms with Crippen molar-refractivity contribution in [3.63, 3.8) is 0 Å². The second-order valence-electron chi connectivity index (χ2n) is 7.96. The van der Waals surface area contributed by atoms with E-state index in [1.165, 1.54) is 11.3 Å². The molecule has 28 heavy (non-hydrogen) atoms. The number of hydrogen-bond acceptors (Lipinski definition) is 4. The minimum Gasteiger partial charge on any atom is -0.341 e. The first kappa shape index (κ1) is 19.1. The summed E-state index contributed by atoms with van der Waals surface area (Å²) in [5, 5.41) is 0.855. The molecule has 2 amide bonds. The number of piperidine rings is 1. The molecule has 0 saturated carbocycles. The Morgan fingerprint density at radius 3 is 2.50 bits per heavy atom. The molecule has 0 unspecified atom stereocenters.